The Kier molecular flexibility index (Phi) is 3.34. The van der Waals surface area contributed by atoms with Crippen LogP contribution < -0.4 is 4.74 Å². The predicted molar refractivity (Wildman–Crippen MR) is 73.4 cm³/mol. The van der Waals surface area contributed by atoms with Crippen LogP contribution in [0.15, 0.2) is 23.2 Å². The molecule has 0 bridgehead atoms. The monoisotopic (exact) mass is 277 g/mol. The lowest BCUT2D eigenvalue weighted by molar-refractivity contribution is 0.114. The molecule has 3 rings (SSSR count). The van der Waals surface area contributed by atoms with Crippen molar-refractivity contribution in [1.29, 1.82) is 0 Å². The van der Waals surface area contributed by atoms with Crippen molar-refractivity contribution >= 4 is 17.7 Å². The van der Waals surface area contributed by atoms with Gasteiger partial charge in [-0.2, -0.15) is 4.99 Å². The molecule has 1 aromatic rings. The van der Waals surface area contributed by atoms with Crippen molar-refractivity contribution in [3.63, 3.8) is 0 Å². The molecular weight excluding hydrogens is 262 g/mol. The fourth-order valence-corrected chi connectivity index (χ4v) is 2.85. The smallest absolute Gasteiger partial charge is 0.235 e. The van der Waals surface area contributed by atoms with E-state index >= 15 is 0 Å². The van der Waals surface area contributed by atoms with Crippen LogP contribution in [0.3, 0.4) is 0 Å². The summed E-state index contributed by atoms with van der Waals surface area (Å²) >= 11 is 6.09. The molecule has 19 heavy (non-hydrogen) atoms. The number of carbonyl (C=O) groups excluding carboxylic acids is 1. The van der Waals surface area contributed by atoms with E-state index in [0.717, 1.165) is 43.4 Å². The van der Waals surface area contributed by atoms with E-state index < -0.39 is 5.54 Å². The molecule has 100 valence electrons. The number of benzene rings is 1. The molecule has 3 nitrogen and oxygen atoms in total. The molecular formula is C15H16ClNO2. The van der Waals surface area contributed by atoms with E-state index in [1.54, 1.807) is 6.08 Å². The Labute approximate surface area is 117 Å². The second kappa shape index (κ2) is 4.99. The van der Waals surface area contributed by atoms with Crippen molar-refractivity contribution in [2.24, 2.45) is 4.99 Å². The minimum absolute atomic E-state index is 0.303. The lowest BCUT2D eigenvalue weighted by atomic mass is 9.72. The summed E-state index contributed by atoms with van der Waals surface area (Å²) in [5.74, 6) is 0.827. The highest BCUT2D eigenvalue weighted by Gasteiger charge is 2.41. The normalized spacial score (nSPS) is 20.9. The molecule has 0 amide bonds. The van der Waals surface area contributed by atoms with E-state index in [1.807, 2.05) is 18.2 Å². The molecule has 0 N–H and O–H groups in total. The van der Waals surface area contributed by atoms with Gasteiger partial charge in [0.25, 0.3) is 0 Å². The third-order valence-corrected chi connectivity index (χ3v) is 4.46. The topological polar surface area (TPSA) is 38.7 Å². The second-order valence-electron chi connectivity index (χ2n) is 5.40. The van der Waals surface area contributed by atoms with E-state index in [-0.39, 0.29) is 0 Å². The maximum Gasteiger partial charge on any atom is 0.235 e. The molecule has 1 aromatic carbocycles. The van der Waals surface area contributed by atoms with Crippen LogP contribution in [-0.4, -0.2) is 12.2 Å². The van der Waals surface area contributed by atoms with Gasteiger partial charge < -0.3 is 4.74 Å². The molecule has 0 saturated heterocycles. The Balaban J connectivity index is 1.97. The van der Waals surface area contributed by atoms with Gasteiger partial charge >= 0.3 is 0 Å². The maximum absolute atomic E-state index is 10.7. The number of aliphatic imine (C=N–C) groups is 1. The van der Waals surface area contributed by atoms with Gasteiger partial charge in [-0.15, -0.1) is 0 Å². The van der Waals surface area contributed by atoms with Crippen LogP contribution in [0.25, 0.3) is 0 Å². The number of hydrogen-bond acceptors (Lipinski definition) is 3. The lowest BCUT2D eigenvalue weighted by Crippen LogP contribution is -2.33. The zero-order valence-corrected chi connectivity index (χ0v) is 11.4. The molecule has 0 aliphatic heterocycles. The average Bonchev–Trinajstić information content (AvgIpc) is 2.30. The van der Waals surface area contributed by atoms with Crippen LogP contribution in [0.5, 0.6) is 5.75 Å². The number of hydrogen-bond donors (Lipinski definition) is 0. The first-order valence-electron chi connectivity index (χ1n) is 6.79. The molecule has 2 fully saturated rings. The first kappa shape index (κ1) is 12.7. The molecule has 2 aliphatic rings. The van der Waals surface area contributed by atoms with Gasteiger partial charge in [-0.1, -0.05) is 11.6 Å². The van der Waals surface area contributed by atoms with Crippen molar-refractivity contribution in [3.05, 3.63) is 28.8 Å². The van der Waals surface area contributed by atoms with Crippen molar-refractivity contribution in [3.8, 4) is 5.75 Å². The Hall–Kier alpha value is -1.31. The van der Waals surface area contributed by atoms with E-state index in [9.17, 15) is 4.79 Å². The van der Waals surface area contributed by atoms with E-state index in [0.29, 0.717) is 11.1 Å². The van der Waals surface area contributed by atoms with Gasteiger partial charge in [0.05, 0.1) is 6.10 Å². The van der Waals surface area contributed by atoms with Gasteiger partial charge in [0.15, 0.2) is 0 Å². The molecule has 0 spiro atoms. The van der Waals surface area contributed by atoms with Crippen LogP contribution in [0.4, 0.5) is 0 Å². The van der Waals surface area contributed by atoms with E-state index in [4.69, 9.17) is 16.3 Å². The zero-order chi connectivity index (χ0) is 13.3. The molecule has 0 radical (unpaired) electrons. The molecule has 0 aromatic heterocycles. The van der Waals surface area contributed by atoms with Crippen LogP contribution in [-0.2, 0) is 10.3 Å². The summed E-state index contributed by atoms with van der Waals surface area (Å²) in [7, 11) is 0. The second-order valence-corrected chi connectivity index (χ2v) is 5.84. The van der Waals surface area contributed by atoms with Crippen molar-refractivity contribution in [2.45, 2.75) is 50.2 Å². The van der Waals surface area contributed by atoms with Crippen LogP contribution >= 0.6 is 11.6 Å². The Morgan fingerprint density at radius 3 is 2.63 bits per heavy atom. The predicted octanol–water partition coefficient (Wildman–Crippen LogP) is 3.99. The molecule has 0 atom stereocenters. The highest BCUT2D eigenvalue weighted by molar-refractivity contribution is 6.30. The highest BCUT2D eigenvalue weighted by atomic mass is 35.5. The van der Waals surface area contributed by atoms with Crippen molar-refractivity contribution in [2.75, 3.05) is 0 Å². The van der Waals surface area contributed by atoms with Gasteiger partial charge in [0.2, 0.25) is 6.08 Å². The first-order valence-corrected chi connectivity index (χ1v) is 7.17. The van der Waals surface area contributed by atoms with E-state index in [2.05, 4.69) is 4.99 Å². The van der Waals surface area contributed by atoms with E-state index in [1.165, 1.54) is 6.42 Å². The largest absolute Gasteiger partial charge is 0.490 e. The highest BCUT2D eigenvalue weighted by Crippen LogP contribution is 2.49. The summed E-state index contributed by atoms with van der Waals surface area (Å²) in [5.41, 5.74) is 0.493. The van der Waals surface area contributed by atoms with Gasteiger partial charge in [0.1, 0.15) is 11.3 Å². The SMILES string of the molecule is O=C=NC1(c2cc(Cl)ccc2OC2CCC2)CCC1. The van der Waals surface area contributed by atoms with Gasteiger partial charge in [0, 0.05) is 10.6 Å². The van der Waals surface area contributed by atoms with Crippen molar-refractivity contribution < 1.29 is 9.53 Å². The number of isocyanates is 1. The molecule has 0 unspecified atom stereocenters. The van der Waals surface area contributed by atoms with Gasteiger partial charge in [-0.25, -0.2) is 4.79 Å². The first-order chi connectivity index (χ1) is 9.23. The van der Waals surface area contributed by atoms with Gasteiger partial charge in [-0.05, 0) is 56.7 Å². The lowest BCUT2D eigenvalue weighted by Gasteiger charge is -2.39. The number of nitrogens with zero attached hydrogens (tertiary/aromatic N) is 1. The summed E-state index contributed by atoms with van der Waals surface area (Å²) in [4.78, 5) is 14.7. The summed E-state index contributed by atoms with van der Waals surface area (Å²) in [6.07, 6.45) is 8.25. The van der Waals surface area contributed by atoms with Crippen LogP contribution in [0.1, 0.15) is 44.1 Å². The summed E-state index contributed by atoms with van der Waals surface area (Å²) in [5, 5.41) is 0.656. The average molecular weight is 278 g/mol. The summed E-state index contributed by atoms with van der Waals surface area (Å²) < 4.78 is 6.02. The summed E-state index contributed by atoms with van der Waals surface area (Å²) in [6.45, 7) is 0. The molecule has 0 heterocycles. The zero-order valence-electron chi connectivity index (χ0n) is 10.7. The summed E-state index contributed by atoms with van der Waals surface area (Å²) in [6, 6.07) is 5.61. The minimum Gasteiger partial charge on any atom is -0.490 e. The maximum atomic E-state index is 10.7. The molecule has 2 saturated carbocycles. The Morgan fingerprint density at radius 2 is 2.11 bits per heavy atom. The standard InChI is InChI=1S/C15H16ClNO2/c16-11-5-6-14(19-12-3-1-4-12)13(9-11)15(17-10-18)7-2-8-15/h5-6,9,12H,1-4,7-8H2. The number of rotatable bonds is 4. The third kappa shape index (κ3) is 2.29. The van der Waals surface area contributed by atoms with Crippen LogP contribution in [0.2, 0.25) is 5.02 Å². The fourth-order valence-electron chi connectivity index (χ4n) is 2.68. The quantitative estimate of drug-likeness (QED) is 0.617. The molecule has 4 heteroatoms. The minimum atomic E-state index is -0.453. The fraction of sp³-hybridized carbons (Fsp3) is 0.533. The van der Waals surface area contributed by atoms with Crippen LogP contribution in [0, 0.1) is 0 Å². The third-order valence-electron chi connectivity index (χ3n) is 4.23. The Bertz CT molecular complexity index is 529. The Morgan fingerprint density at radius 1 is 1.32 bits per heavy atom. The number of ether oxygens (including phenoxy) is 1. The van der Waals surface area contributed by atoms with Gasteiger partial charge in [-0.3, -0.25) is 0 Å². The molecule has 2 aliphatic carbocycles. The number of halogens is 1. The van der Waals surface area contributed by atoms with Crippen molar-refractivity contribution in [1.82, 2.24) is 0 Å².